The number of rotatable bonds is 8. The van der Waals surface area contributed by atoms with Gasteiger partial charge in [0.05, 0.1) is 18.9 Å². The predicted molar refractivity (Wildman–Crippen MR) is 118 cm³/mol. The molecule has 0 bridgehead atoms. The minimum atomic E-state index is -0.365. The molecule has 31 heavy (non-hydrogen) atoms. The van der Waals surface area contributed by atoms with Gasteiger partial charge in [-0.2, -0.15) is 5.10 Å². The van der Waals surface area contributed by atoms with Gasteiger partial charge >= 0.3 is 0 Å². The number of nitrogens with one attached hydrogen (secondary N) is 2. The molecule has 0 saturated carbocycles. The van der Waals surface area contributed by atoms with Crippen LogP contribution in [0.25, 0.3) is 0 Å². The summed E-state index contributed by atoms with van der Waals surface area (Å²) < 4.78 is 10.9. The third-order valence-corrected chi connectivity index (χ3v) is 4.27. The van der Waals surface area contributed by atoms with E-state index in [1.165, 1.54) is 19.5 Å². The third kappa shape index (κ3) is 6.14. The normalized spacial score (nSPS) is 10.5. The second-order valence-electron chi connectivity index (χ2n) is 6.50. The van der Waals surface area contributed by atoms with Crippen LogP contribution in [-0.4, -0.2) is 36.7 Å². The van der Waals surface area contributed by atoms with Gasteiger partial charge in [0.25, 0.3) is 11.8 Å². The summed E-state index contributed by atoms with van der Waals surface area (Å²) in [5.41, 5.74) is 5.23. The number of methoxy groups -OCH3 is 1. The number of benzene rings is 2. The van der Waals surface area contributed by atoms with Crippen LogP contribution in [0.2, 0.25) is 0 Å². The summed E-state index contributed by atoms with van der Waals surface area (Å²) in [7, 11) is 1.50. The van der Waals surface area contributed by atoms with Crippen molar-refractivity contribution in [2.45, 2.75) is 6.92 Å². The van der Waals surface area contributed by atoms with E-state index in [-0.39, 0.29) is 18.4 Å². The molecule has 1 heterocycles. The molecule has 0 aliphatic carbocycles. The summed E-state index contributed by atoms with van der Waals surface area (Å²) in [6, 6.07) is 15.9. The second-order valence-corrected chi connectivity index (χ2v) is 6.50. The number of pyridine rings is 1. The number of aryl methyl sites for hydroxylation is 1. The average Bonchev–Trinajstić information content (AvgIpc) is 2.80. The van der Waals surface area contributed by atoms with Gasteiger partial charge in [-0.25, -0.2) is 5.43 Å². The van der Waals surface area contributed by atoms with Crippen molar-refractivity contribution in [2.24, 2.45) is 5.10 Å². The Morgan fingerprint density at radius 1 is 1.10 bits per heavy atom. The lowest BCUT2D eigenvalue weighted by Gasteiger charge is -2.12. The van der Waals surface area contributed by atoms with Crippen molar-refractivity contribution in [2.75, 3.05) is 19.0 Å². The molecule has 0 aliphatic rings. The molecule has 0 fully saturated rings. The first-order valence-electron chi connectivity index (χ1n) is 9.46. The van der Waals surface area contributed by atoms with Crippen molar-refractivity contribution >= 4 is 23.7 Å². The Bertz CT molecular complexity index is 1080. The van der Waals surface area contributed by atoms with Gasteiger partial charge in [0.2, 0.25) is 0 Å². The van der Waals surface area contributed by atoms with E-state index in [1.54, 1.807) is 36.5 Å². The predicted octanol–water partition coefficient (Wildman–Crippen LogP) is 3.18. The highest BCUT2D eigenvalue weighted by molar-refractivity contribution is 5.94. The van der Waals surface area contributed by atoms with E-state index in [0.717, 1.165) is 11.3 Å². The molecule has 0 radical (unpaired) electrons. The molecule has 0 unspecified atom stereocenters. The van der Waals surface area contributed by atoms with Crippen LogP contribution in [0.3, 0.4) is 0 Å². The standard InChI is InChI=1S/C23H22N4O4/c1-16-6-3-4-8-19(16)26-22(28)15-31-20-10-9-17(12-21(20)30-2)13-25-27-23(29)18-7-5-11-24-14-18/h3-14H,15H2,1-2H3,(H,26,28)(H,27,29)/b25-13+. The van der Waals surface area contributed by atoms with Crippen LogP contribution in [0.4, 0.5) is 5.69 Å². The van der Waals surface area contributed by atoms with Gasteiger partial charge in [0.1, 0.15) is 0 Å². The molecule has 0 spiro atoms. The van der Waals surface area contributed by atoms with Crippen LogP contribution < -0.4 is 20.2 Å². The molecule has 2 N–H and O–H groups in total. The number of nitrogens with zero attached hydrogens (tertiary/aromatic N) is 2. The number of anilines is 1. The highest BCUT2D eigenvalue weighted by atomic mass is 16.5. The molecule has 0 saturated heterocycles. The number of aromatic nitrogens is 1. The minimum Gasteiger partial charge on any atom is -0.493 e. The molecule has 2 aromatic carbocycles. The molecule has 3 aromatic rings. The summed E-state index contributed by atoms with van der Waals surface area (Å²) in [5, 5.41) is 6.75. The Hall–Kier alpha value is -4.20. The van der Waals surface area contributed by atoms with Gasteiger partial charge in [-0.1, -0.05) is 18.2 Å². The largest absolute Gasteiger partial charge is 0.493 e. The summed E-state index contributed by atoms with van der Waals surface area (Å²) in [4.78, 5) is 28.0. The maximum Gasteiger partial charge on any atom is 0.272 e. The Morgan fingerprint density at radius 3 is 2.68 bits per heavy atom. The smallest absolute Gasteiger partial charge is 0.272 e. The first kappa shape index (κ1) is 21.5. The summed E-state index contributed by atoms with van der Waals surface area (Å²) in [6.45, 7) is 1.75. The number of carbonyl (C=O) groups excluding carboxylic acids is 2. The molecule has 0 atom stereocenters. The van der Waals surface area contributed by atoms with E-state index in [1.807, 2.05) is 31.2 Å². The third-order valence-electron chi connectivity index (χ3n) is 4.27. The Morgan fingerprint density at radius 2 is 1.94 bits per heavy atom. The van der Waals surface area contributed by atoms with Crippen molar-refractivity contribution in [3.63, 3.8) is 0 Å². The first-order valence-corrected chi connectivity index (χ1v) is 9.46. The number of hydrogen-bond donors (Lipinski definition) is 2. The molecular formula is C23H22N4O4. The van der Waals surface area contributed by atoms with Gasteiger partial charge < -0.3 is 14.8 Å². The maximum absolute atomic E-state index is 12.2. The topological polar surface area (TPSA) is 102 Å². The second kappa shape index (κ2) is 10.5. The Balaban J connectivity index is 1.57. The van der Waals surface area contributed by atoms with Crippen molar-refractivity contribution in [3.8, 4) is 11.5 Å². The number of ether oxygens (including phenoxy) is 2. The van der Waals surface area contributed by atoms with Gasteiger partial charge in [-0.15, -0.1) is 0 Å². The van der Waals surface area contributed by atoms with Gasteiger partial charge in [0.15, 0.2) is 18.1 Å². The number of para-hydroxylation sites is 1. The summed E-state index contributed by atoms with van der Waals surface area (Å²) in [5.74, 6) is 0.209. The lowest BCUT2D eigenvalue weighted by molar-refractivity contribution is -0.118. The van der Waals surface area contributed by atoms with E-state index >= 15 is 0 Å². The summed E-state index contributed by atoms with van der Waals surface area (Å²) >= 11 is 0. The molecule has 0 aliphatic heterocycles. The van der Waals surface area contributed by atoms with Gasteiger partial charge in [-0.05, 0) is 54.4 Å². The first-order chi connectivity index (χ1) is 15.1. The Kier molecular flexibility index (Phi) is 7.31. The number of carbonyl (C=O) groups is 2. The zero-order valence-electron chi connectivity index (χ0n) is 17.2. The highest BCUT2D eigenvalue weighted by Crippen LogP contribution is 2.27. The molecule has 1 aromatic heterocycles. The molecule has 2 amide bonds. The van der Waals surface area contributed by atoms with E-state index in [0.29, 0.717) is 22.6 Å². The number of amides is 2. The Labute approximate surface area is 179 Å². The molecule has 3 rings (SSSR count). The van der Waals surface area contributed by atoms with E-state index in [4.69, 9.17) is 9.47 Å². The van der Waals surface area contributed by atoms with Crippen LogP contribution >= 0.6 is 0 Å². The SMILES string of the molecule is COc1cc(/C=N/NC(=O)c2cccnc2)ccc1OCC(=O)Nc1ccccc1C. The number of hydrazone groups is 1. The van der Waals surface area contributed by atoms with Crippen molar-refractivity contribution < 1.29 is 19.1 Å². The van der Waals surface area contributed by atoms with Crippen molar-refractivity contribution in [3.05, 3.63) is 83.7 Å². The number of hydrogen-bond acceptors (Lipinski definition) is 6. The summed E-state index contributed by atoms with van der Waals surface area (Å²) in [6.07, 6.45) is 4.52. The van der Waals surface area contributed by atoms with Gasteiger partial charge in [0, 0.05) is 18.1 Å². The van der Waals surface area contributed by atoms with Crippen LogP contribution in [0, 0.1) is 6.92 Å². The lowest BCUT2D eigenvalue weighted by atomic mass is 10.2. The monoisotopic (exact) mass is 418 g/mol. The van der Waals surface area contributed by atoms with E-state index in [9.17, 15) is 9.59 Å². The average molecular weight is 418 g/mol. The van der Waals surface area contributed by atoms with Gasteiger partial charge in [-0.3, -0.25) is 14.6 Å². The van der Waals surface area contributed by atoms with Crippen LogP contribution in [0.15, 0.2) is 72.1 Å². The zero-order valence-corrected chi connectivity index (χ0v) is 17.2. The fraction of sp³-hybridized carbons (Fsp3) is 0.130. The minimum absolute atomic E-state index is 0.167. The molecule has 158 valence electrons. The zero-order chi connectivity index (χ0) is 22.1. The quantitative estimate of drug-likeness (QED) is 0.432. The van der Waals surface area contributed by atoms with Crippen molar-refractivity contribution in [1.29, 1.82) is 0 Å². The fourth-order valence-electron chi connectivity index (χ4n) is 2.65. The fourth-order valence-corrected chi connectivity index (χ4v) is 2.65. The molecule has 8 heteroatoms. The maximum atomic E-state index is 12.2. The lowest BCUT2D eigenvalue weighted by Crippen LogP contribution is -2.20. The highest BCUT2D eigenvalue weighted by Gasteiger charge is 2.10. The molecular weight excluding hydrogens is 396 g/mol. The molecule has 8 nitrogen and oxygen atoms in total. The van der Waals surface area contributed by atoms with Crippen LogP contribution in [-0.2, 0) is 4.79 Å². The van der Waals surface area contributed by atoms with Crippen molar-refractivity contribution in [1.82, 2.24) is 10.4 Å². The van der Waals surface area contributed by atoms with E-state index < -0.39 is 0 Å². The van der Waals surface area contributed by atoms with Crippen LogP contribution in [0.5, 0.6) is 11.5 Å². The van der Waals surface area contributed by atoms with Crippen LogP contribution in [0.1, 0.15) is 21.5 Å². The van der Waals surface area contributed by atoms with E-state index in [2.05, 4.69) is 20.8 Å².